The maximum atomic E-state index is 11.1. The number of nitrogens with two attached hydrogens (primary N) is 2. The number of benzene rings is 1. The van der Waals surface area contributed by atoms with Gasteiger partial charge in [-0.25, -0.2) is 0 Å². The van der Waals surface area contributed by atoms with Gasteiger partial charge in [0.25, 0.3) is 0 Å². The van der Waals surface area contributed by atoms with E-state index in [1.807, 2.05) is 18.2 Å². The summed E-state index contributed by atoms with van der Waals surface area (Å²) in [6.07, 6.45) is 0.847. The van der Waals surface area contributed by atoms with Crippen LogP contribution in [0.5, 0.6) is 0 Å². The molecule has 0 spiro atoms. The normalized spacial score (nSPS) is 20.6. The number of amides is 1. The van der Waals surface area contributed by atoms with Crippen LogP contribution in [0.1, 0.15) is 12.0 Å². The Morgan fingerprint density at radius 2 is 2.29 bits per heavy atom. The van der Waals surface area contributed by atoms with Crippen LogP contribution < -0.4 is 11.5 Å². The quantitative estimate of drug-likeness (QED) is 0.827. The molecule has 1 unspecified atom stereocenters. The van der Waals surface area contributed by atoms with Gasteiger partial charge in [-0.3, -0.25) is 9.69 Å². The predicted octanol–water partition coefficient (Wildman–Crippen LogP) is 1.34. The van der Waals surface area contributed by atoms with Gasteiger partial charge in [-0.2, -0.15) is 0 Å². The monoisotopic (exact) mass is 297 g/mol. The zero-order valence-electron chi connectivity index (χ0n) is 9.53. The van der Waals surface area contributed by atoms with E-state index in [0.29, 0.717) is 0 Å². The molecule has 0 bridgehead atoms. The van der Waals surface area contributed by atoms with Gasteiger partial charge in [0.1, 0.15) is 0 Å². The van der Waals surface area contributed by atoms with Crippen LogP contribution in [0.3, 0.4) is 0 Å². The molecule has 4 N–H and O–H groups in total. The Kier molecular flexibility index (Phi) is 3.69. The first-order valence-electron chi connectivity index (χ1n) is 5.62. The summed E-state index contributed by atoms with van der Waals surface area (Å²) in [6.45, 7) is 2.39. The molecule has 1 aromatic carbocycles. The Morgan fingerprint density at radius 3 is 2.88 bits per heavy atom. The van der Waals surface area contributed by atoms with Crippen LogP contribution >= 0.6 is 15.9 Å². The van der Waals surface area contributed by atoms with E-state index in [2.05, 4.69) is 20.8 Å². The molecule has 17 heavy (non-hydrogen) atoms. The van der Waals surface area contributed by atoms with E-state index < -0.39 is 0 Å². The molecular weight excluding hydrogens is 282 g/mol. The minimum atomic E-state index is -0.201. The molecule has 0 saturated carbocycles. The van der Waals surface area contributed by atoms with Crippen molar-refractivity contribution in [3.05, 3.63) is 28.2 Å². The Morgan fingerprint density at radius 1 is 1.53 bits per heavy atom. The molecule has 1 fully saturated rings. The van der Waals surface area contributed by atoms with Gasteiger partial charge in [0.05, 0.1) is 5.92 Å². The average molecular weight is 298 g/mol. The molecule has 0 radical (unpaired) electrons. The highest BCUT2D eigenvalue weighted by molar-refractivity contribution is 9.10. The molecule has 92 valence electrons. The highest BCUT2D eigenvalue weighted by atomic mass is 79.9. The van der Waals surface area contributed by atoms with E-state index in [-0.39, 0.29) is 11.8 Å². The fourth-order valence-corrected chi connectivity index (χ4v) is 2.68. The lowest BCUT2D eigenvalue weighted by Gasteiger charge is -2.17. The number of hydrogen-bond acceptors (Lipinski definition) is 3. The van der Waals surface area contributed by atoms with Crippen molar-refractivity contribution in [3.8, 4) is 0 Å². The molecule has 1 aliphatic rings. The van der Waals surface area contributed by atoms with Crippen LogP contribution in [0.25, 0.3) is 0 Å². The Hall–Kier alpha value is -1.07. The Bertz CT molecular complexity index is 416. The maximum absolute atomic E-state index is 11.1. The van der Waals surface area contributed by atoms with Crippen molar-refractivity contribution >= 4 is 27.5 Å². The first kappa shape index (κ1) is 12.4. The molecule has 1 aliphatic heterocycles. The summed E-state index contributed by atoms with van der Waals surface area (Å²) in [7, 11) is 0. The van der Waals surface area contributed by atoms with Crippen LogP contribution in [0.15, 0.2) is 22.7 Å². The lowest BCUT2D eigenvalue weighted by atomic mass is 10.1. The van der Waals surface area contributed by atoms with Crippen molar-refractivity contribution < 1.29 is 4.79 Å². The third-order valence-electron chi connectivity index (χ3n) is 3.21. The first-order chi connectivity index (χ1) is 8.08. The fraction of sp³-hybridized carbons (Fsp3) is 0.417. The highest BCUT2D eigenvalue weighted by Crippen LogP contribution is 2.26. The molecule has 1 heterocycles. The van der Waals surface area contributed by atoms with Crippen molar-refractivity contribution in [3.63, 3.8) is 0 Å². The summed E-state index contributed by atoms with van der Waals surface area (Å²) in [5, 5.41) is 0. The van der Waals surface area contributed by atoms with E-state index in [1.165, 1.54) is 0 Å². The average Bonchev–Trinajstić information content (AvgIpc) is 2.72. The number of primary amides is 1. The number of nitrogens with zero attached hydrogens (tertiary/aromatic N) is 1. The number of carbonyl (C=O) groups is 1. The van der Waals surface area contributed by atoms with Crippen molar-refractivity contribution in [1.82, 2.24) is 4.90 Å². The van der Waals surface area contributed by atoms with E-state index in [1.54, 1.807) is 0 Å². The van der Waals surface area contributed by atoms with Gasteiger partial charge in [-0.05, 0) is 25.1 Å². The lowest BCUT2D eigenvalue weighted by molar-refractivity contribution is -0.121. The van der Waals surface area contributed by atoms with Gasteiger partial charge in [0.15, 0.2) is 0 Å². The highest BCUT2D eigenvalue weighted by Gasteiger charge is 2.27. The van der Waals surface area contributed by atoms with Crippen molar-refractivity contribution in [2.45, 2.75) is 13.0 Å². The largest absolute Gasteiger partial charge is 0.398 e. The molecule has 4 nitrogen and oxygen atoms in total. The van der Waals surface area contributed by atoms with Crippen LogP contribution in [0, 0.1) is 5.92 Å². The molecule has 1 amide bonds. The molecule has 2 rings (SSSR count). The van der Waals surface area contributed by atoms with E-state index >= 15 is 0 Å². The summed E-state index contributed by atoms with van der Waals surface area (Å²) in [6, 6.07) is 5.79. The third-order valence-corrected chi connectivity index (χ3v) is 3.95. The Labute approximate surface area is 109 Å². The van der Waals surface area contributed by atoms with Gasteiger partial charge in [0.2, 0.25) is 5.91 Å². The maximum Gasteiger partial charge on any atom is 0.221 e. The molecule has 0 aliphatic carbocycles. The van der Waals surface area contributed by atoms with Crippen molar-refractivity contribution in [2.24, 2.45) is 11.7 Å². The van der Waals surface area contributed by atoms with E-state index in [9.17, 15) is 4.79 Å². The second-order valence-corrected chi connectivity index (χ2v) is 5.29. The SMILES string of the molecule is NC(=O)C1CCN(Cc2c(N)cccc2Br)C1. The van der Waals surface area contributed by atoms with E-state index in [4.69, 9.17) is 11.5 Å². The van der Waals surface area contributed by atoms with E-state index in [0.717, 1.165) is 41.8 Å². The summed E-state index contributed by atoms with van der Waals surface area (Å²) in [5.41, 5.74) is 13.1. The fourth-order valence-electron chi connectivity index (χ4n) is 2.17. The summed E-state index contributed by atoms with van der Waals surface area (Å²) < 4.78 is 1.01. The second kappa shape index (κ2) is 5.06. The van der Waals surface area contributed by atoms with Crippen LogP contribution in [0.2, 0.25) is 0 Å². The van der Waals surface area contributed by atoms with Crippen molar-refractivity contribution in [2.75, 3.05) is 18.8 Å². The Balaban J connectivity index is 2.05. The number of nitrogen functional groups attached to an aromatic ring is 1. The zero-order valence-corrected chi connectivity index (χ0v) is 11.1. The summed E-state index contributed by atoms with van der Waals surface area (Å²) in [4.78, 5) is 13.3. The lowest BCUT2D eigenvalue weighted by Crippen LogP contribution is -2.27. The third kappa shape index (κ3) is 2.79. The number of hydrogen-bond donors (Lipinski definition) is 2. The molecular formula is C12H16BrN3O. The minimum Gasteiger partial charge on any atom is -0.398 e. The molecule has 1 aromatic rings. The van der Waals surface area contributed by atoms with Gasteiger partial charge in [-0.1, -0.05) is 22.0 Å². The zero-order chi connectivity index (χ0) is 12.4. The van der Waals surface area contributed by atoms with Gasteiger partial charge in [-0.15, -0.1) is 0 Å². The number of rotatable bonds is 3. The molecule has 0 aromatic heterocycles. The number of likely N-dealkylation sites (tertiary alicyclic amines) is 1. The molecule has 5 heteroatoms. The van der Waals surface area contributed by atoms with Crippen LogP contribution in [-0.4, -0.2) is 23.9 Å². The van der Waals surface area contributed by atoms with Crippen LogP contribution in [-0.2, 0) is 11.3 Å². The molecule has 1 saturated heterocycles. The van der Waals surface area contributed by atoms with Crippen LogP contribution in [0.4, 0.5) is 5.69 Å². The topological polar surface area (TPSA) is 72.4 Å². The predicted molar refractivity (Wildman–Crippen MR) is 71.1 cm³/mol. The van der Waals surface area contributed by atoms with Gasteiger partial charge < -0.3 is 11.5 Å². The summed E-state index contributed by atoms with van der Waals surface area (Å²) in [5.74, 6) is -0.216. The standard InChI is InChI=1S/C12H16BrN3O/c13-10-2-1-3-11(14)9(10)7-16-5-4-8(6-16)12(15)17/h1-3,8H,4-7,14H2,(H2,15,17). The number of anilines is 1. The first-order valence-corrected chi connectivity index (χ1v) is 6.41. The smallest absolute Gasteiger partial charge is 0.221 e. The number of carbonyl (C=O) groups excluding carboxylic acids is 1. The second-order valence-electron chi connectivity index (χ2n) is 4.43. The van der Waals surface area contributed by atoms with Gasteiger partial charge in [0, 0.05) is 28.8 Å². The van der Waals surface area contributed by atoms with Crippen molar-refractivity contribution in [1.29, 1.82) is 0 Å². The molecule has 1 atom stereocenters. The summed E-state index contributed by atoms with van der Waals surface area (Å²) >= 11 is 3.50. The number of halogens is 1. The van der Waals surface area contributed by atoms with Gasteiger partial charge >= 0.3 is 0 Å². The minimum absolute atomic E-state index is 0.0151.